The second-order valence-electron chi connectivity index (χ2n) is 7.22. The first-order valence-electron chi connectivity index (χ1n) is 8.89. The van der Waals surface area contributed by atoms with E-state index in [9.17, 15) is 9.18 Å². The zero-order valence-corrected chi connectivity index (χ0v) is 14.4. The van der Waals surface area contributed by atoms with Gasteiger partial charge in [-0.3, -0.25) is 9.69 Å². The molecule has 2 aliphatic rings. The van der Waals surface area contributed by atoms with Crippen molar-refractivity contribution in [3.8, 4) is 6.07 Å². The first kappa shape index (κ1) is 16.7. The predicted molar refractivity (Wildman–Crippen MR) is 95.7 cm³/mol. The van der Waals surface area contributed by atoms with E-state index in [-0.39, 0.29) is 11.5 Å². The van der Waals surface area contributed by atoms with E-state index in [1.165, 1.54) is 23.8 Å². The predicted octanol–water partition coefficient (Wildman–Crippen LogP) is 2.90. The smallest absolute Gasteiger partial charge is 0.253 e. The Kier molecular flexibility index (Phi) is 4.44. The molecule has 2 aromatic carbocycles. The van der Waals surface area contributed by atoms with Crippen LogP contribution in [-0.4, -0.2) is 41.9 Å². The van der Waals surface area contributed by atoms with Crippen molar-refractivity contribution in [3.63, 3.8) is 0 Å². The van der Waals surface area contributed by atoms with E-state index in [4.69, 9.17) is 5.26 Å². The average Bonchev–Trinajstić information content (AvgIpc) is 3.21. The van der Waals surface area contributed by atoms with Crippen molar-refractivity contribution in [2.75, 3.05) is 26.2 Å². The first-order chi connectivity index (χ1) is 12.6. The fourth-order valence-corrected chi connectivity index (χ4v) is 4.15. The molecule has 0 radical (unpaired) electrons. The molecule has 2 saturated heterocycles. The summed E-state index contributed by atoms with van der Waals surface area (Å²) in [6.07, 6.45) is 0. The van der Waals surface area contributed by atoms with Gasteiger partial charge in [-0.05, 0) is 35.6 Å². The number of hydrogen-bond acceptors (Lipinski definition) is 3. The van der Waals surface area contributed by atoms with Crippen molar-refractivity contribution in [2.24, 2.45) is 11.8 Å². The number of likely N-dealkylation sites (tertiary alicyclic amines) is 2. The molecule has 132 valence electrons. The highest BCUT2D eigenvalue weighted by atomic mass is 19.1. The number of halogens is 1. The van der Waals surface area contributed by atoms with E-state index in [0.29, 0.717) is 17.4 Å². The largest absolute Gasteiger partial charge is 0.338 e. The van der Waals surface area contributed by atoms with E-state index in [1.54, 1.807) is 6.07 Å². The maximum Gasteiger partial charge on any atom is 0.253 e. The van der Waals surface area contributed by atoms with Crippen molar-refractivity contribution in [2.45, 2.75) is 6.54 Å². The average molecular weight is 349 g/mol. The molecule has 0 unspecified atom stereocenters. The summed E-state index contributed by atoms with van der Waals surface area (Å²) in [5.41, 5.74) is 1.63. The number of rotatable bonds is 3. The number of hydrogen-bond donors (Lipinski definition) is 0. The van der Waals surface area contributed by atoms with Crippen molar-refractivity contribution in [1.29, 1.82) is 5.26 Å². The highest BCUT2D eigenvalue weighted by molar-refractivity contribution is 5.94. The van der Waals surface area contributed by atoms with Crippen LogP contribution in [0.5, 0.6) is 0 Å². The van der Waals surface area contributed by atoms with Gasteiger partial charge in [0.1, 0.15) is 11.9 Å². The molecule has 0 aromatic heterocycles. The maximum absolute atomic E-state index is 13.5. The Bertz CT molecular complexity index is 847. The lowest BCUT2D eigenvalue weighted by molar-refractivity contribution is 0.0773. The first-order valence-corrected chi connectivity index (χ1v) is 8.89. The second kappa shape index (κ2) is 6.89. The Balaban J connectivity index is 1.39. The number of fused-ring (bicyclic) bond motifs is 1. The summed E-state index contributed by atoms with van der Waals surface area (Å²) >= 11 is 0. The lowest BCUT2D eigenvalue weighted by Gasteiger charge is -2.22. The number of carbonyl (C=O) groups excluding carboxylic acids is 1. The van der Waals surface area contributed by atoms with Crippen LogP contribution in [0.25, 0.3) is 0 Å². The SMILES string of the molecule is N#Cc1cc(C(=O)N2C[C@H]3CN(Cc4ccccc4)C[C@H]3C2)ccc1F. The maximum atomic E-state index is 13.5. The molecule has 2 aliphatic heterocycles. The molecule has 5 heteroatoms. The van der Waals surface area contributed by atoms with Gasteiger partial charge >= 0.3 is 0 Å². The van der Waals surface area contributed by atoms with Gasteiger partial charge in [0.25, 0.3) is 5.91 Å². The normalized spacial score (nSPS) is 22.2. The molecule has 2 atom stereocenters. The van der Waals surface area contributed by atoms with Crippen LogP contribution in [0.1, 0.15) is 21.5 Å². The fraction of sp³-hybridized carbons (Fsp3) is 0.333. The summed E-state index contributed by atoms with van der Waals surface area (Å²) in [7, 11) is 0. The van der Waals surface area contributed by atoms with Crippen LogP contribution >= 0.6 is 0 Å². The lowest BCUT2D eigenvalue weighted by Crippen LogP contribution is -2.33. The molecule has 4 rings (SSSR count). The molecule has 0 saturated carbocycles. The van der Waals surface area contributed by atoms with Gasteiger partial charge in [0.15, 0.2) is 0 Å². The van der Waals surface area contributed by atoms with Gasteiger partial charge < -0.3 is 4.90 Å². The van der Waals surface area contributed by atoms with E-state index in [0.717, 1.165) is 32.7 Å². The van der Waals surface area contributed by atoms with E-state index < -0.39 is 5.82 Å². The van der Waals surface area contributed by atoms with Crippen LogP contribution in [-0.2, 0) is 6.54 Å². The minimum atomic E-state index is -0.584. The molecule has 0 N–H and O–H groups in total. The van der Waals surface area contributed by atoms with Gasteiger partial charge in [-0.2, -0.15) is 5.26 Å². The Hall–Kier alpha value is -2.71. The highest BCUT2D eigenvalue weighted by Gasteiger charge is 2.41. The Labute approximate surface area is 152 Å². The van der Waals surface area contributed by atoms with Crippen molar-refractivity contribution >= 4 is 5.91 Å². The number of nitriles is 1. The summed E-state index contributed by atoms with van der Waals surface area (Å²) in [5.74, 6) is 0.279. The third-order valence-corrected chi connectivity index (χ3v) is 5.43. The summed E-state index contributed by atoms with van der Waals surface area (Å²) in [6.45, 7) is 4.40. The molecule has 4 nitrogen and oxygen atoms in total. The van der Waals surface area contributed by atoms with E-state index in [1.807, 2.05) is 11.0 Å². The fourth-order valence-electron chi connectivity index (χ4n) is 4.15. The number of nitrogens with zero attached hydrogens (tertiary/aromatic N) is 3. The quantitative estimate of drug-likeness (QED) is 0.856. The second-order valence-corrected chi connectivity index (χ2v) is 7.22. The monoisotopic (exact) mass is 349 g/mol. The molecule has 0 aliphatic carbocycles. The minimum absolute atomic E-state index is 0.0794. The summed E-state index contributed by atoms with van der Waals surface area (Å²) < 4.78 is 13.5. The molecular formula is C21H20FN3O. The molecular weight excluding hydrogens is 329 g/mol. The molecule has 0 spiro atoms. The van der Waals surface area contributed by atoms with E-state index in [2.05, 4.69) is 29.2 Å². The Morgan fingerprint density at radius 2 is 1.77 bits per heavy atom. The van der Waals surface area contributed by atoms with Crippen LogP contribution in [0.3, 0.4) is 0 Å². The van der Waals surface area contributed by atoms with Crippen LogP contribution in [0.15, 0.2) is 48.5 Å². The molecule has 1 amide bonds. The van der Waals surface area contributed by atoms with Crippen LogP contribution in [0.4, 0.5) is 4.39 Å². The van der Waals surface area contributed by atoms with Crippen LogP contribution in [0, 0.1) is 29.0 Å². The summed E-state index contributed by atoms with van der Waals surface area (Å²) in [6, 6.07) is 16.3. The molecule has 2 heterocycles. The molecule has 2 fully saturated rings. The summed E-state index contributed by atoms with van der Waals surface area (Å²) in [4.78, 5) is 17.0. The van der Waals surface area contributed by atoms with Gasteiger partial charge in [0.2, 0.25) is 0 Å². The van der Waals surface area contributed by atoms with E-state index >= 15 is 0 Å². The molecule has 0 bridgehead atoms. The Morgan fingerprint density at radius 3 is 2.42 bits per heavy atom. The van der Waals surface area contributed by atoms with Crippen molar-refractivity contribution < 1.29 is 9.18 Å². The molecule has 2 aromatic rings. The standard InChI is InChI=1S/C21H20FN3O/c22-20-7-6-16(8-17(20)9-23)21(26)25-13-18-11-24(12-19(18)14-25)10-15-4-2-1-3-5-15/h1-8,18-19H,10-14H2/t18-,19+. The van der Waals surface area contributed by atoms with Gasteiger partial charge in [-0.15, -0.1) is 0 Å². The molecule has 26 heavy (non-hydrogen) atoms. The number of benzene rings is 2. The number of carbonyl (C=O) groups is 1. The van der Waals surface area contributed by atoms with Gasteiger partial charge in [0, 0.05) is 38.3 Å². The topological polar surface area (TPSA) is 47.3 Å². The van der Waals surface area contributed by atoms with Crippen molar-refractivity contribution in [3.05, 3.63) is 71.0 Å². The highest BCUT2D eigenvalue weighted by Crippen LogP contribution is 2.32. The van der Waals surface area contributed by atoms with Gasteiger partial charge in [0.05, 0.1) is 5.56 Å². The third-order valence-electron chi connectivity index (χ3n) is 5.43. The number of amides is 1. The van der Waals surface area contributed by atoms with Gasteiger partial charge in [-0.1, -0.05) is 30.3 Å². The van der Waals surface area contributed by atoms with Crippen LogP contribution in [0.2, 0.25) is 0 Å². The zero-order valence-electron chi connectivity index (χ0n) is 14.4. The van der Waals surface area contributed by atoms with Crippen molar-refractivity contribution in [1.82, 2.24) is 9.80 Å². The zero-order chi connectivity index (χ0) is 18.1. The Morgan fingerprint density at radius 1 is 1.08 bits per heavy atom. The van der Waals surface area contributed by atoms with Gasteiger partial charge in [-0.25, -0.2) is 4.39 Å². The van der Waals surface area contributed by atoms with Crippen LogP contribution < -0.4 is 0 Å². The lowest BCUT2D eigenvalue weighted by atomic mass is 10.0. The third kappa shape index (κ3) is 3.21. The minimum Gasteiger partial charge on any atom is -0.338 e. The summed E-state index contributed by atoms with van der Waals surface area (Å²) in [5, 5.41) is 8.95.